The summed E-state index contributed by atoms with van der Waals surface area (Å²) < 4.78 is 33.7. The minimum atomic E-state index is -0.599. The molecule has 0 spiro atoms. The lowest BCUT2D eigenvalue weighted by atomic mass is 10.0. The van der Waals surface area contributed by atoms with Crippen LogP contribution < -0.4 is 0 Å². The van der Waals surface area contributed by atoms with Crippen LogP contribution in [0.5, 0.6) is 5.75 Å². The van der Waals surface area contributed by atoms with Crippen molar-refractivity contribution in [3.8, 4) is 5.75 Å². The fourth-order valence-corrected chi connectivity index (χ4v) is 4.37. The van der Waals surface area contributed by atoms with Crippen LogP contribution in [0.25, 0.3) is 5.57 Å². The third-order valence-electron chi connectivity index (χ3n) is 6.51. The molecule has 2 heterocycles. The van der Waals surface area contributed by atoms with Crippen molar-refractivity contribution in [3.63, 3.8) is 0 Å². The van der Waals surface area contributed by atoms with Crippen LogP contribution in [-0.2, 0) is 4.74 Å². The molecule has 1 fully saturated rings. The SMILES string of the molecule is CN1CCN(C(=O)OCCN(C)C(=O)N2CC(c3cc(F)ccc3F)=CC2c2cccc(O)c2)CC1. The van der Waals surface area contributed by atoms with Gasteiger partial charge in [0.25, 0.3) is 0 Å². The van der Waals surface area contributed by atoms with Crippen LogP contribution in [-0.4, -0.2) is 96.8 Å². The molecule has 1 atom stereocenters. The molecule has 0 bridgehead atoms. The largest absolute Gasteiger partial charge is 0.508 e. The van der Waals surface area contributed by atoms with Crippen molar-refractivity contribution in [3.05, 3.63) is 71.3 Å². The minimum Gasteiger partial charge on any atom is -0.508 e. The van der Waals surface area contributed by atoms with E-state index in [9.17, 15) is 23.5 Å². The lowest BCUT2D eigenvalue weighted by Crippen LogP contribution is -2.48. The van der Waals surface area contributed by atoms with Gasteiger partial charge in [0.05, 0.1) is 12.6 Å². The molecule has 1 saturated heterocycles. The first-order valence-electron chi connectivity index (χ1n) is 11.8. The lowest BCUT2D eigenvalue weighted by molar-refractivity contribution is 0.0753. The molecule has 10 heteroatoms. The number of halogens is 2. The molecule has 4 rings (SSSR count). The van der Waals surface area contributed by atoms with Gasteiger partial charge in [-0.1, -0.05) is 18.2 Å². The first-order valence-corrected chi connectivity index (χ1v) is 11.8. The average Bonchev–Trinajstić information content (AvgIpc) is 3.30. The number of rotatable bonds is 5. The number of hydrogen-bond acceptors (Lipinski definition) is 5. The number of ether oxygens (including phenoxy) is 1. The first-order chi connectivity index (χ1) is 17.2. The highest BCUT2D eigenvalue weighted by molar-refractivity contribution is 5.82. The molecule has 8 nitrogen and oxygen atoms in total. The van der Waals surface area contributed by atoms with Gasteiger partial charge >= 0.3 is 12.1 Å². The molecule has 0 aromatic heterocycles. The Morgan fingerprint density at radius 1 is 1.11 bits per heavy atom. The van der Waals surface area contributed by atoms with E-state index in [0.29, 0.717) is 24.2 Å². The molecule has 2 aromatic rings. The third kappa shape index (κ3) is 5.76. The van der Waals surface area contributed by atoms with E-state index in [4.69, 9.17) is 4.74 Å². The summed E-state index contributed by atoms with van der Waals surface area (Å²) in [4.78, 5) is 32.4. The van der Waals surface area contributed by atoms with Crippen LogP contribution in [0.15, 0.2) is 48.5 Å². The number of carbonyl (C=O) groups excluding carboxylic acids is 2. The zero-order chi connectivity index (χ0) is 25.8. The summed E-state index contributed by atoms with van der Waals surface area (Å²) >= 11 is 0. The van der Waals surface area contributed by atoms with Gasteiger partial charge in [0.2, 0.25) is 0 Å². The number of piperazine rings is 1. The van der Waals surface area contributed by atoms with Crippen LogP contribution in [0.4, 0.5) is 18.4 Å². The molecular weight excluding hydrogens is 470 g/mol. The Balaban J connectivity index is 1.45. The van der Waals surface area contributed by atoms with E-state index in [-0.39, 0.29) is 37.0 Å². The quantitative estimate of drug-likeness (QED) is 0.680. The smallest absolute Gasteiger partial charge is 0.409 e. The summed E-state index contributed by atoms with van der Waals surface area (Å²) in [5.74, 6) is -1.14. The van der Waals surface area contributed by atoms with Crippen LogP contribution in [0, 0.1) is 11.6 Å². The van der Waals surface area contributed by atoms with Crippen molar-refractivity contribution < 1.29 is 28.2 Å². The van der Waals surface area contributed by atoms with Gasteiger partial charge in [0.15, 0.2) is 0 Å². The van der Waals surface area contributed by atoms with Gasteiger partial charge in [-0.3, -0.25) is 0 Å². The molecule has 1 N–H and O–H groups in total. The highest BCUT2D eigenvalue weighted by Crippen LogP contribution is 2.37. The highest BCUT2D eigenvalue weighted by atomic mass is 19.1. The van der Waals surface area contributed by atoms with E-state index in [1.165, 1.54) is 21.9 Å². The van der Waals surface area contributed by atoms with Crippen molar-refractivity contribution in [2.45, 2.75) is 6.04 Å². The van der Waals surface area contributed by atoms with E-state index in [0.717, 1.165) is 31.3 Å². The summed E-state index contributed by atoms with van der Waals surface area (Å²) in [6.45, 7) is 2.97. The highest BCUT2D eigenvalue weighted by Gasteiger charge is 2.33. The van der Waals surface area contributed by atoms with Crippen molar-refractivity contribution in [2.24, 2.45) is 0 Å². The van der Waals surface area contributed by atoms with E-state index in [1.54, 1.807) is 30.2 Å². The summed E-state index contributed by atoms with van der Waals surface area (Å²) in [7, 11) is 3.58. The van der Waals surface area contributed by atoms with Gasteiger partial charge < -0.3 is 29.4 Å². The lowest BCUT2D eigenvalue weighted by Gasteiger charge is -2.32. The predicted molar refractivity (Wildman–Crippen MR) is 130 cm³/mol. The van der Waals surface area contributed by atoms with E-state index >= 15 is 0 Å². The Hall–Kier alpha value is -3.66. The molecule has 0 saturated carbocycles. The van der Waals surface area contributed by atoms with Crippen LogP contribution in [0.2, 0.25) is 0 Å². The van der Waals surface area contributed by atoms with Crippen molar-refractivity contribution in [2.75, 3.05) is 60.0 Å². The predicted octanol–water partition coefficient (Wildman–Crippen LogP) is 3.55. The summed E-state index contributed by atoms with van der Waals surface area (Å²) in [6.07, 6.45) is 1.29. The van der Waals surface area contributed by atoms with E-state index in [1.807, 2.05) is 7.05 Å². The first kappa shape index (κ1) is 25.4. The number of benzene rings is 2. The second kappa shape index (κ2) is 10.9. The number of amides is 3. The van der Waals surface area contributed by atoms with E-state index in [2.05, 4.69) is 4.90 Å². The zero-order valence-electron chi connectivity index (χ0n) is 20.4. The Bertz CT molecular complexity index is 1150. The van der Waals surface area contributed by atoms with Crippen LogP contribution >= 0.6 is 0 Å². The van der Waals surface area contributed by atoms with Crippen LogP contribution in [0.1, 0.15) is 17.2 Å². The standard InChI is InChI=1S/C26H30F2N4O4/c1-29-8-10-31(11-9-29)26(35)36-13-12-30(2)25(34)32-17-19(22-16-20(27)6-7-23(22)28)15-24(32)18-4-3-5-21(33)14-18/h3-7,14-16,24,33H,8-13,17H2,1-2H3. The number of aromatic hydroxyl groups is 1. The molecule has 2 aliphatic rings. The summed E-state index contributed by atoms with van der Waals surface area (Å²) in [5.41, 5.74) is 1.17. The molecule has 3 amide bonds. The number of phenolic OH excluding ortho intramolecular Hbond substituents is 1. The molecule has 2 aliphatic heterocycles. The monoisotopic (exact) mass is 500 g/mol. The summed E-state index contributed by atoms with van der Waals surface area (Å²) in [6, 6.07) is 8.69. The van der Waals surface area contributed by atoms with Crippen molar-refractivity contribution in [1.29, 1.82) is 0 Å². The fraction of sp³-hybridized carbons (Fsp3) is 0.385. The topological polar surface area (TPSA) is 76.6 Å². The van der Waals surface area contributed by atoms with Crippen LogP contribution in [0.3, 0.4) is 0 Å². The number of phenols is 1. The third-order valence-corrected chi connectivity index (χ3v) is 6.51. The number of nitrogens with zero attached hydrogens (tertiary/aromatic N) is 4. The van der Waals surface area contributed by atoms with Gasteiger partial charge in [-0.2, -0.15) is 0 Å². The van der Waals surface area contributed by atoms with Gasteiger partial charge in [-0.05, 0) is 48.5 Å². The van der Waals surface area contributed by atoms with Crippen molar-refractivity contribution in [1.82, 2.24) is 19.6 Å². The zero-order valence-corrected chi connectivity index (χ0v) is 20.4. The molecule has 36 heavy (non-hydrogen) atoms. The molecule has 0 aliphatic carbocycles. The second-order valence-electron chi connectivity index (χ2n) is 9.09. The van der Waals surface area contributed by atoms with Gasteiger partial charge in [-0.25, -0.2) is 18.4 Å². The van der Waals surface area contributed by atoms with E-state index < -0.39 is 23.8 Å². The maximum absolute atomic E-state index is 14.5. The maximum Gasteiger partial charge on any atom is 0.409 e. The van der Waals surface area contributed by atoms with Gasteiger partial charge in [-0.15, -0.1) is 0 Å². The Labute approximate surface area is 208 Å². The average molecular weight is 501 g/mol. The molecular formula is C26H30F2N4O4. The molecule has 2 aromatic carbocycles. The Morgan fingerprint density at radius 2 is 1.86 bits per heavy atom. The number of urea groups is 1. The fourth-order valence-electron chi connectivity index (χ4n) is 4.37. The molecule has 192 valence electrons. The van der Waals surface area contributed by atoms with Gasteiger partial charge in [0, 0.05) is 45.3 Å². The van der Waals surface area contributed by atoms with Gasteiger partial charge in [0.1, 0.15) is 24.0 Å². The number of carbonyl (C=O) groups is 2. The number of likely N-dealkylation sites (N-methyl/N-ethyl adjacent to an activating group) is 2. The number of hydrogen-bond donors (Lipinski definition) is 1. The summed E-state index contributed by atoms with van der Waals surface area (Å²) in [5, 5.41) is 9.96. The second-order valence-corrected chi connectivity index (χ2v) is 9.09. The molecule has 0 radical (unpaired) electrons. The van der Waals surface area contributed by atoms with Crippen molar-refractivity contribution >= 4 is 17.7 Å². The normalized spacial score (nSPS) is 18.2. The minimum absolute atomic E-state index is 0.0247. The maximum atomic E-state index is 14.5. The molecule has 1 unspecified atom stereocenters. The Kier molecular flexibility index (Phi) is 7.73. The Morgan fingerprint density at radius 3 is 2.58 bits per heavy atom.